The van der Waals surface area contributed by atoms with E-state index in [0.29, 0.717) is 30.1 Å². The summed E-state index contributed by atoms with van der Waals surface area (Å²) in [5.41, 5.74) is 3.44. The number of carbonyl (C=O) groups excluding carboxylic acids is 1. The molecule has 0 bridgehead atoms. The Kier molecular flexibility index (Phi) is 4.19. The van der Waals surface area contributed by atoms with Crippen molar-refractivity contribution in [1.82, 2.24) is 10.3 Å². The van der Waals surface area contributed by atoms with Gasteiger partial charge in [-0.3, -0.25) is 15.1 Å². The first kappa shape index (κ1) is 14.1. The van der Waals surface area contributed by atoms with Crippen LogP contribution >= 0.6 is 0 Å². The average molecular weight is 289 g/mol. The van der Waals surface area contributed by atoms with Crippen LogP contribution in [0, 0.1) is 0 Å². The summed E-state index contributed by atoms with van der Waals surface area (Å²) < 4.78 is 11.3. The third-order valence-electron chi connectivity index (χ3n) is 3.71. The van der Waals surface area contributed by atoms with E-state index in [1.54, 1.807) is 0 Å². The molecule has 0 radical (unpaired) electrons. The Morgan fingerprint density at radius 3 is 3.00 bits per heavy atom. The Hall–Kier alpha value is -1.89. The quantitative estimate of drug-likeness (QED) is 0.505. The molecule has 1 aromatic carbocycles. The standard InChI is InChI=1S/C15H19N3O3/c16-17-15(19)14-11-4-1-2-5-12(11)21-13(14)10-18-6-3-8-20-9-7-18/h1-2,4-5H,3,6-10,16H2,(H,17,19). The van der Waals surface area contributed by atoms with Crippen LogP contribution in [0.25, 0.3) is 11.0 Å². The second kappa shape index (κ2) is 6.26. The van der Waals surface area contributed by atoms with Crippen molar-refractivity contribution in [2.75, 3.05) is 26.3 Å². The minimum absolute atomic E-state index is 0.318. The molecule has 1 saturated heterocycles. The fourth-order valence-corrected chi connectivity index (χ4v) is 2.69. The van der Waals surface area contributed by atoms with Gasteiger partial charge in [-0.25, -0.2) is 5.84 Å². The van der Waals surface area contributed by atoms with Gasteiger partial charge in [0.2, 0.25) is 0 Å². The summed E-state index contributed by atoms with van der Waals surface area (Å²) in [5, 5.41) is 0.793. The zero-order valence-corrected chi connectivity index (χ0v) is 11.8. The van der Waals surface area contributed by atoms with E-state index in [2.05, 4.69) is 10.3 Å². The number of nitrogen functional groups attached to an aromatic ring is 1. The fourth-order valence-electron chi connectivity index (χ4n) is 2.69. The van der Waals surface area contributed by atoms with Crippen LogP contribution in [0.2, 0.25) is 0 Å². The molecule has 0 aliphatic carbocycles. The number of nitrogens with zero attached hydrogens (tertiary/aromatic N) is 1. The van der Waals surface area contributed by atoms with E-state index in [4.69, 9.17) is 15.0 Å². The topological polar surface area (TPSA) is 80.7 Å². The van der Waals surface area contributed by atoms with E-state index < -0.39 is 0 Å². The molecule has 1 aliphatic heterocycles. The van der Waals surface area contributed by atoms with Gasteiger partial charge in [0.25, 0.3) is 5.91 Å². The van der Waals surface area contributed by atoms with E-state index in [1.807, 2.05) is 24.3 Å². The summed E-state index contributed by atoms with van der Waals surface area (Å²) >= 11 is 0. The van der Waals surface area contributed by atoms with Crippen LogP contribution in [0.4, 0.5) is 0 Å². The van der Waals surface area contributed by atoms with Crippen LogP contribution in [0.15, 0.2) is 28.7 Å². The first-order valence-corrected chi connectivity index (χ1v) is 7.11. The molecule has 21 heavy (non-hydrogen) atoms. The second-order valence-corrected chi connectivity index (χ2v) is 5.11. The van der Waals surface area contributed by atoms with Gasteiger partial charge < -0.3 is 9.15 Å². The van der Waals surface area contributed by atoms with Crippen LogP contribution in [-0.2, 0) is 11.3 Å². The maximum Gasteiger partial charge on any atom is 0.269 e. The number of ether oxygens (including phenoxy) is 1. The number of hydrazine groups is 1. The van der Waals surface area contributed by atoms with E-state index >= 15 is 0 Å². The Morgan fingerprint density at radius 1 is 1.29 bits per heavy atom. The second-order valence-electron chi connectivity index (χ2n) is 5.11. The number of benzene rings is 1. The number of rotatable bonds is 3. The van der Waals surface area contributed by atoms with Crippen molar-refractivity contribution in [1.29, 1.82) is 0 Å². The lowest BCUT2D eigenvalue weighted by Gasteiger charge is -2.17. The Labute approximate surface area is 122 Å². The summed E-state index contributed by atoms with van der Waals surface area (Å²) in [6.45, 7) is 3.84. The summed E-state index contributed by atoms with van der Waals surface area (Å²) in [6.07, 6.45) is 0.985. The number of para-hydroxylation sites is 1. The number of carbonyl (C=O) groups is 1. The minimum atomic E-state index is -0.318. The van der Waals surface area contributed by atoms with Crippen molar-refractivity contribution >= 4 is 16.9 Å². The molecule has 6 nitrogen and oxygen atoms in total. The first-order valence-electron chi connectivity index (χ1n) is 7.11. The molecule has 6 heteroatoms. The normalized spacial score (nSPS) is 16.8. The number of furan rings is 1. The molecule has 3 N–H and O–H groups in total. The lowest BCUT2D eigenvalue weighted by atomic mass is 10.1. The molecule has 0 unspecified atom stereocenters. The average Bonchev–Trinajstić information content (AvgIpc) is 2.67. The van der Waals surface area contributed by atoms with E-state index in [-0.39, 0.29) is 5.91 Å². The van der Waals surface area contributed by atoms with E-state index in [1.165, 1.54) is 0 Å². The number of nitrogens with two attached hydrogens (primary N) is 1. The molecule has 2 aromatic rings. The van der Waals surface area contributed by atoms with Crippen LogP contribution in [0.3, 0.4) is 0 Å². The van der Waals surface area contributed by atoms with Gasteiger partial charge in [-0.2, -0.15) is 0 Å². The lowest BCUT2D eigenvalue weighted by Crippen LogP contribution is -2.32. The van der Waals surface area contributed by atoms with Gasteiger partial charge in [-0.1, -0.05) is 18.2 Å². The molecule has 0 saturated carbocycles. The smallest absolute Gasteiger partial charge is 0.269 e. The van der Waals surface area contributed by atoms with Gasteiger partial charge in [0.15, 0.2) is 0 Å². The predicted molar refractivity (Wildman–Crippen MR) is 78.6 cm³/mol. The molecule has 1 aromatic heterocycles. The van der Waals surface area contributed by atoms with Crippen molar-refractivity contribution in [3.05, 3.63) is 35.6 Å². The highest BCUT2D eigenvalue weighted by Gasteiger charge is 2.22. The molecule has 0 spiro atoms. The number of amides is 1. The van der Waals surface area contributed by atoms with Crippen molar-refractivity contribution in [3.63, 3.8) is 0 Å². The SMILES string of the molecule is NNC(=O)c1c(CN2CCCOCC2)oc2ccccc12. The highest BCUT2D eigenvalue weighted by atomic mass is 16.5. The van der Waals surface area contributed by atoms with Gasteiger partial charge in [0, 0.05) is 25.1 Å². The van der Waals surface area contributed by atoms with Crippen LogP contribution in [0.5, 0.6) is 0 Å². The van der Waals surface area contributed by atoms with Crippen molar-refractivity contribution < 1.29 is 13.9 Å². The van der Waals surface area contributed by atoms with E-state index in [0.717, 1.165) is 31.5 Å². The summed E-state index contributed by atoms with van der Waals surface area (Å²) in [7, 11) is 0. The fraction of sp³-hybridized carbons (Fsp3) is 0.400. The summed E-state index contributed by atoms with van der Waals surface area (Å²) in [6, 6.07) is 7.50. The zero-order chi connectivity index (χ0) is 14.7. The molecule has 3 rings (SSSR count). The van der Waals surface area contributed by atoms with Crippen molar-refractivity contribution in [2.45, 2.75) is 13.0 Å². The van der Waals surface area contributed by atoms with Crippen LogP contribution in [-0.4, -0.2) is 37.1 Å². The van der Waals surface area contributed by atoms with Gasteiger partial charge in [-0.15, -0.1) is 0 Å². The number of hydrogen-bond acceptors (Lipinski definition) is 5. The van der Waals surface area contributed by atoms with Gasteiger partial charge in [0.1, 0.15) is 11.3 Å². The highest BCUT2D eigenvalue weighted by Crippen LogP contribution is 2.27. The molecule has 1 fully saturated rings. The third kappa shape index (κ3) is 2.92. The number of fused-ring (bicyclic) bond motifs is 1. The largest absolute Gasteiger partial charge is 0.459 e. The molecular formula is C15H19N3O3. The minimum Gasteiger partial charge on any atom is -0.459 e. The Balaban J connectivity index is 1.94. The number of hydrogen-bond donors (Lipinski definition) is 2. The third-order valence-corrected chi connectivity index (χ3v) is 3.71. The molecule has 0 atom stereocenters. The van der Waals surface area contributed by atoms with Gasteiger partial charge in [0.05, 0.1) is 18.7 Å². The molecule has 112 valence electrons. The van der Waals surface area contributed by atoms with Crippen molar-refractivity contribution in [2.24, 2.45) is 5.84 Å². The predicted octanol–water partition coefficient (Wildman–Crippen LogP) is 1.26. The van der Waals surface area contributed by atoms with Gasteiger partial charge >= 0.3 is 0 Å². The lowest BCUT2D eigenvalue weighted by molar-refractivity contribution is 0.0951. The molecule has 1 amide bonds. The monoisotopic (exact) mass is 289 g/mol. The highest BCUT2D eigenvalue weighted by molar-refractivity contribution is 6.07. The molecule has 2 heterocycles. The van der Waals surface area contributed by atoms with Crippen molar-refractivity contribution in [3.8, 4) is 0 Å². The molecular weight excluding hydrogens is 270 g/mol. The number of nitrogens with one attached hydrogen (secondary N) is 1. The maximum atomic E-state index is 12.1. The van der Waals surface area contributed by atoms with E-state index in [9.17, 15) is 4.79 Å². The maximum absolute atomic E-state index is 12.1. The zero-order valence-electron chi connectivity index (χ0n) is 11.8. The Morgan fingerprint density at radius 2 is 2.14 bits per heavy atom. The molecule has 1 aliphatic rings. The Bertz CT molecular complexity index is 630. The van der Waals surface area contributed by atoms with Gasteiger partial charge in [-0.05, 0) is 12.5 Å². The van der Waals surface area contributed by atoms with Crippen LogP contribution in [0.1, 0.15) is 22.5 Å². The van der Waals surface area contributed by atoms with Crippen LogP contribution < -0.4 is 11.3 Å². The summed E-state index contributed by atoms with van der Waals surface area (Å²) in [5.74, 6) is 5.64. The summed E-state index contributed by atoms with van der Waals surface area (Å²) in [4.78, 5) is 14.3. The first-order chi connectivity index (χ1) is 10.3.